The average Bonchev–Trinajstić information content (AvgIpc) is 2.16. The van der Waals surface area contributed by atoms with Crippen molar-refractivity contribution in [2.75, 3.05) is 5.32 Å². The topological polar surface area (TPSA) is 41.1 Å². The van der Waals surface area contributed by atoms with Crippen LogP contribution >= 0.6 is 11.6 Å². The largest absolute Gasteiger partial charge is 0.374 e. The van der Waals surface area contributed by atoms with Gasteiger partial charge in [-0.05, 0) is 39.0 Å². The van der Waals surface area contributed by atoms with E-state index in [2.05, 4.69) is 10.6 Å². The van der Waals surface area contributed by atoms with Crippen LogP contribution in [0.1, 0.15) is 20.8 Å². The van der Waals surface area contributed by atoms with Crippen molar-refractivity contribution in [3.8, 4) is 0 Å². The van der Waals surface area contributed by atoms with Gasteiger partial charge >= 0.3 is 0 Å². The standard InChI is InChI=1S/C12H17ClN2O/c1-8(2)14-12(16)9(3)15-11-6-4-5-10(13)7-11/h4-9,15H,1-3H3,(H,14,16). The number of nitrogens with one attached hydrogen (secondary N) is 2. The highest BCUT2D eigenvalue weighted by atomic mass is 35.5. The number of anilines is 1. The quantitative estimate of drug-likeness (QED) is 0.850. The minimum Gasteiger partial charge on any atom is -0.374 e. The van der Waals surface area contributed by atoms with Crippen molar-refractivity contribution >= 4 is 23.2 Å². The highest BCUT2D eigenvalue weighted by Crippen LogP contribution is 2.15. The zero-order chi connectivity index (χ0) is 12.1. The molecule has 88 valence electrons. The minimum absolute atomic E-state index is 0.0185. The van der Waals surface area contributed by atoms with Crippen molar-refractivity contribution < 1.29 is 4.79 Å². The van der Waals surface area contributed by atoms with Gasteiger partial charge in [-0.2, -0.15) is 0 Å². The van der Waals surface area contributed by atoms with E-state index in [-0.39, 0.29) is 18.0 Å². The van der Waals surface area contributed by atoms with E-state index in [0.29, 0.717) is 5.02 Å². The van der Waals surface area contributed by atoms with Crippen LogP contribution in [-0.2, 0) is 4.79 Å². The lowest BCUT2D eigenvalue weighted by atomic mass is 10.2. The van der Waals surface area contributed by atoms with E-state index < -0.39 is 0 Å². The van der Waals surface area contributed by atoms with Crippen LogP contribution in [-0.4, -0.2) is 18.0 Å². The zero-order valence-corrected chi connectivity index (χ0v) is 10.5. The summed E-state index contributed by atoms with van der Waals surface area (Å²) in [5.74, 6) is -0.0185. The third kappa shape index (κ3) is 4.11. The van der Waals surface area contributed by atoms with Crippen molar-refractivity contribution in [1.29, 1.82) is 0 Å². The van der Waals surface area contributed by atoms with Crippen LogP contribution in [0.5, 0.6) is 0 Å². The van der Waals surface area contributed by atoms with E-state index >= 15 is 0 Å². The predicted octanol–water partition coefficient (Wildman–Crippen LogP) is 2.67. The van der Waals surface area contributed by atoms with Crippen LogP contribution in [0, 0.1) is 0 Å². The molecule has 0 saturated heterocycles. The Balaban J connectivity index is 2.57. The Morgan fingerprint density at radius 2 is 2.00 bits per heavy atom. The van der Waals surface area contributed by atoms with Gasteiger partial charge in [0.25, 0.3) is 0 Å². The van der Waals surface area contributed by atoms with E-state index in [0.717, 1.165) is 5.69 Å². The molecular formula is C12H17ClN2O. The van der Waals surface area contributed by atoms with E-state index in [1.807, 2.05) is 32.9 Å². The van der Waals surface area contributed by atoms with Crippen molar-refractivity contribution in [3.05, 3.63) is 29.3 Å². The monoisotopic (exact) mass is 240 g/mol. The van der Waals surface area contributed by atoms with E-state index in [4.69, 9.17) is 11.6 Å². The summed E-state index contributed by atoms with van der Waals surface area (Å²) in [6.45, 7) is 5.69. The number of amides is 1. The summed E-state index contributed by atoms with van der Waals surface area (Å²) in [6.07, 6.45) is 0. The molecule has 4 heteroatoms. The third-order valence-electron chi connectivity index (χ3n) is 2.03. The molecule has 0 spiro atoms. The molecule has 0 fully saturated rings. The maximum absolute atomic E-state index is 11.6. The van der Waals surface area contributed by atoms with Crippen LogP contribution < -0.4 is 10.6 Å². The molecule has 1 amide bonds. The number of hydrogen-bond acceptors (Lipinski definition) is 2. The molecule has 0 aliphatic carbocycles. The molecule has 2 N–H and O–H groups in total. The Morgan fingerprint density at radius 1 is 1.31 bits per heavy atom. The number of benzene rings is 1. The number of carbonyl (C=O) groups excluding carboxylic acids is 1. The number of hydrogen-bond donors (Lipinski definition) is 2. The minimum atomic E-state index is -0.277. The molecule has 0 aliphatic rings. The zero-order valence-electron chi connectivity index (χ0n) is 9.75. The van der Waals surface area contributed by atoms with E-state index in [1.165, 1.54) is 0 Å². The molecule has 0 aliphatic heterocycles. The maximum atomic E-state index is 11.6. The molecule has 1 unspecified atom stereocenters. The highest BCUT2D eigenvalue weighted by molar-refractivity contribution is 6.30. The Labute approximate surface area is 101 Å². The summed E-state index contributed by atoms with van der Waals surface area (Å²) >= 11 is 5.85. The third-order valence-corrected chi connectivity index (χ3v) is 2.27. The first-order valence-electron chi connectivity index (χ1n) is 5.31. The van der Waals surface area contributed by atoms with Gasteiger partial charge in [-0.25, -0.2) is 0 Å². The van der Waals surface area contributed by atoms with Gasteiger partial charge in [-0.3, -0.25) is 4.79 Å². The van der Waals surface area contributed by atoms with Crippen molar-refractivity contribution in [1.82, 2.24) is 5.32 Å². The highest BCUT2D eigenvalue weighted by Gasteiger charge is 2.12. The summed E-state index contributed by atoms with van der Waals surface area (Å²) in [5.41, 5.74) is 0.846. The van der Waals surface area contributed by atoms with Crippen LogP contribution in [0.25, 0.3) is 0 Å². The first-order valence-corrected chi connectivity index (χ1v) is 5.69. The number of halogens is 1. The normalized spacial score (nSPS) is 12.3. The van der Waals surface area contributed by atoms with Gasteiger partial charge in [0.05, 0.1) is 0 Å². The first kappa shape index (κ1) is 12.8. The van der Waals surface area contributed by atoms with Crippen molar-refractivity contribution in [3.63, 3.8) is 0 Å². The van der Waals surface area contributed by atoms with Gasteiger partial charge in [-0.15, -0.1) is 0 Å². The second kappa shape index (κ2) is 5.75. The molecule has 1 aromatic carbocycles. The molecule has 1 atom stereocenters. The lowest BCUT2D eigenvalue weighted by Gasteiger charge is -2.17. The van der Waals surface area contributed by atoms with Crippen molar-refractivity contribution in [2.45, 2.75) is 32.9 Å². The van der Waals surface area contributed by atoms with Crippen LogP contribution in [0.15, 0.2) is 24.3 Å². The lowest BCUT2D eigenvalue weighted by Crippen LogP contribution is -2.40. The maximum Gasteiger partial charge on any atom is 0.242 e. The van der Waals surface area contributed by atoms with E-state index in [9.17, 15) is 4.79 Å². The molecular weight excluding hydrogens is 224 g/mol. The summed E-state index contributed by atoms with van der Waals surface area (Å²) in [4.78, 5) is 11.6. The fourth-order valence-electron chi connectivity index (χ4n) is 1.30. The number of rotatable bonds is 4. The fourth-order valence-corrected chi connectivity index (χ4v) is 1.49. The van der Waals surface area contributed by atoms with Gasteiger partial charge in [-0.1, -0.05) is 17.7 Å². The predicted molar refractivity (Wildman–Crippen MR) is 67.8 cm³/mol. The molecule has 16 heavy (non-hydrogen) atoms. The molecule has 0 bridgehead atoms. The second-order valence-corrected chi connectivity index (χ2v) is 4.48. The molecule has 0 saturated carbocycles. The average molecular weight is 241 g/mol. The SMILES string of the molecule is CC(C)NC(=O)C(C)Nc1cccc(Cl)c1. The molecule has 0 radical (unpaired) electrons. The van der Waals surface area contributed by atoms with Crippen LogP contribution in [0.3, 0.4) is 0 Å². The van der Waals surface area contributed by atoms with Crippen LogP contribution in [0.4, 0.5) is 5.69 Å². The number of carbonyl (C=O) groups is 1. The van der Waals surface area contributed by atoms with Gasteiger partial charge in [0.2, 0.25) is 5.91 Å². The summed E-state index contributed by atoms with van der Waals surface area (Å²) in [6, 6.07) is 7.19. The lowest BCUT2D eigenvalue weighted by molar-refractivity contribution is -0.122. The van der Waals surface area contributed by atoms with Gasteiger partial charge in [0.1, 0.15) is 6.04 Å². The second-order valence-electron chi connectivity index (χ2n) is 4.04. The Hall–Kier alpha value is -1.22. The van der Waals surface area contributed by atoms with Gasteiger partial charge < -0.3 is 10.6 Å². The summed E-state index contributed by atoms with van der Waals surface area (Å²) < 4.78 is 0. The van der Waals surface area contributed by atoms with Gasteiger partial charge in [0.15, 0.2) is 0 Å². The molecule has 3 nitrogen and oxygen atoms in total. The smallest absolute Gasteiger partial charge is 0.242 e. The van der Waals surface area contributed by atoms with E-state index in [1.54, 1.807) is 12.1 Å². The molecule has 0 heterocycles. The van der Waals surface area contributed by atoms with Crippen molar-refractivity contribution in [2.24, 2.45) is 0 Å². The summed E-state index contributed by atoms with van der Waals surface area (Å²) in [7, 11) is 0. The fraction of sp³-hybridized carbons (Fsp3) is 0.417. The Kier molecular flexibility index (Phi) is 4.62. The van der Waals surface area contributed by atoms with Gasteiger partial charge in [0, 0.05) is 16.8 Å². The molecule has 0 aromatic heterocycles. The van der Waals surface area contributed by atoms with Crippen LogP contribution in [0.2, 0.25) is 5.02 Å². The molecule has 1 rings (SSSR count). The molecule has 1 aromatic rings. The summed E-state index contributed by atoms with van der Waals surface area (Å²) in [5, 5.41) is 6.59. The Bertz CT molecular complexity index is 366. The first-order chi connectivity index (χ1) is 7.49. The Morgan fingerprint density at radius 3 is 2.56 bits per heavy atom.